The van der Waals surface area contributed by atoms with Crippen molar-refractivity contribution in [3.63, 3.8) is 0 Å². The molecule has 1 aromatic carbocycles. The van der Waals surface area contributed by atoms with Gasteiger partial charge in [0, 0.05) is 18.7 Å². The van der Waals surface area contributed by atoms with Gasteiger partial charge in [0.15, 0.2) is 0 Å². The molecule has 0 aliphatic carbocycles. The van der Waals surface area contributed by atoms with Crippen LogP contribution in [0.1, 0.15) is 24.8 Å². The lowest BCUT2D eigenvalue weighted by molar-refractivity contribution is -0.118. The second kappa shape index (κ2) is 6.38. The quantitative estimate of drug-likeness (QED) is 0.506. The van der Waals surface area contributed by atoms with Crippen molar-refractivity contribution in [3.05, 3.63) is 23.8 Å². The van der Waals surface area contributed by atoms with E-state index in [1.165, 1.54) is 0 Å². The standard InChI is InChI=1S/C12H16N4O/c13-8-9-7-10(14)4-5-11(9)16-6-2-1-3-12(15)17/h4-5,7,16H,1-3,6,14H2,(H2,15,17). The van der Waals surface area contributed by atoms with Gasteiger partial charge in [0.05, 0.1) is 11.3 Å². The number of nitrogens with one attached hydrogen (secondary N) is 1. The van der Waals surface area contributed by atoms with Crippen LogP contribution < -0.4 is 16.8 Å². The Balaban J connectivity index is 2.42. The maximum Gasteiger partial charge on any atom is 0.217 e. The SMILES string of the molecule is N#Cc1cc(N)ccc1NCCCCC(N)=O. The Morgan fingerprint density at radius 2 is 2.18 bits per heavy atom. The van der Waals surface area contributed by atoms with E-state index in [0.29, 0.717) is 24.2 Å². The molecular weight excluding hydrogens is 216 g/mol. The number of nitriles is 1. The van der Waals surface area contributed by atoms with Crippen LogP contribution >= 0.6 is 0 Å². The van der Waals surface area contributed by atoms with Gasteiger partial charge in [0.1, 0.15) is 6.07 Å². The number of benzene rings is 1. The van der Waals surface area contributed by atoms with Gasteiger partial charge in [-0.05, 0) is 31.0 Å². The highest BCUT2D eigenvalue weighted by Gasteiger charge is 2.01. The molecule has 17 heavy (non-hydrogen) atoms. The maximum atomic E-state index is 10.5. The molecule has 0 aromatic heterocycles. The van der Waals surface area contributed by atoms with E-state index < -0.39 is 0 Å². The molecule has 0 saturated carbocycles. The summed E-state index contributed by atoms with van der Waals surface area (Å²) in [6, 6.07) is 7.23. The van der Waals surface area contributed by atoms with Crippen molar-refractivity contribution in [1.82, 2.24) is 0 Å². The van der Waals surface area contributed by atoms with Gasteiger partial charge in [-0.1, -0.05) is 0 Å². The first kappa shape index (κ1) is 12.8. The molecule has 1 aromatic rings. The fourth-order valence-electron chi connectivity index (χ4n) is 1.46. The van der Waals surface area contributed by atoms with Gasteiger partial charge in [-0.3, -0.25) is 4.79 Å². The van der Waals surface area contributed by atoms with Crippen molar-refractivity contribution in [3.8, 4) is 6.07 Å². The van der Waals surface area contributed by atoms with Crippen LogP contribution in [0, 0.1) is 11.3 Å². The highest BCUT2D eigenvalue weighted by molar-refractivity contribution is 5.73. The van der Waals surface area contributed by atoms with Crippen molar-refractivity contribution < 1.29 is 4.79 Å². The van der Waals surface area contributed by atoms with Crippen LogP contribution in [0.2, 0.25) is 0 Å². The van der Waals surface area contributed by atoms with Crippen LogP contribution in [0.3, 0.4) is 0 Å². The number of nitrogen functional groups attached to an aromatic ring is 1. The zero-order valence-electron chi connectivity index (χ0n) is 9.57. The number of nitrogens with zero attached hydrogens (tertiary/aromatic N) is 1. The van der Waals surface area contributed by atoms with Gasteiger partial charge in [0.25, 0.3) is 0 Å². The molecule has 0 atom stereocenters. The predicted octanol–water partition coefficient (Wildman–Crippen LogP) is 1.21. The number of hydrogen-bond acceptors (Lipinski definition) is 4. The van der Waals surface area contributed by atoms with Gasteiger partial charge in [-0.2, -0.15) is 5.26 Å². The Morgan fingerprint density at radius 3 is 2.82 bits per heavy atom. The number of primary amides is 1. The second-order valence-electron chi connectivity index (χ2n) is 3.77. The molecule has 0 fully saturated rings. The highest BCUT2D eigenvalue weighted by Crippen LogP contribution is 2.17. The van der Waals surface area contributed by atoms with Crippen LogP contribution in [0.5, 0.6) is 0 Å². The number of unbranched alkanes of at least 4 members (excludes halogenated alkanes) is 1. The molecular formula is C12H16N4O. The summed E-state index contributed by atoms with van der Waals surface area (Å²) in [6.45, 7) is 0.700. The zero-order chi connectivity index (χ0) is 12.7. The van der Waals surface area contributed by atoms with Crippen LogP contribution in [-0.2, 0) is 4.79 Å². The Labute approximate surface area is 100 Å². The van der Waals surface area contributed by atoms with Crippen LogP contribution in [0.15, 0.2) is 18.2 Å². The van der Waals surface area contributed by atoms with Crippen molar-refractivity contribution in [2.24, 2.45) is 5.73 Å². The summed E-state index contributed by atoms with van der Waals surface area (Å²) in [4.78, 5) is 10.5. The van der Waals surface area contributed by atoms with E-state index in [1.54, 1.807) is 18.2 Å². The predicted molar refractivity (Wildman–Crippen MR) is 67.1 cm³/mol. The Morgan fingerprint density at radius 1 is 1.41 bits per heavy atom. The molecule has 0 saturated heterocycles. The van der Waals surface area contributed by atoms with E-state index in [1.807, 2.05) is 0 Å². The number of anilines is 2. The van der Waals surface area contributed by atoms with E-state index in [-0.39, 0.29) is 5.91 Å². The van der Waals surface area contributed by atoms with Crippen LogP contribution in [0.25, 0.3) is 0 Å². The van der Waals surface area contributed by atoms with E-state index in [2.05, 4.69) is 11.4 Å². The van der Waals surface area contributed by atoms with E-state index in [0.717, 1.165) is 18.5 Å². The number of carbonyl (C=O) groups is 1. The number of carbonyl (C=O) groups excluding carboxylic acids is 1. The third kappa shape index (κ3) is 4.43. The molecule has 0 heterocycles. The summed E-state index contributed by atoms with van der Waals surface area (Å²) in [5, 5.41) is 12.0. The summed E-state index contributed by atoms with van der Waals surface area (Å²) in [5.41, 5.74) is 12.5. The van der Waals surface area contributed by atoms with Crippen molar-refractivity contribution in [2.75, 3.05) is 17.6 Å². The number of rotatable bonds is 6. The lowest BCUT2D eigenvalue weighted by atomic mass is 10.1. The molecule has 1 rings (SSSR count). The lowest BCUT2D eigenvalue weighted by Gasteiger charge is -2.08. The highest BCUT2D eigenvalue weighted by atomic mass is 16.1. The molecule has 0 spiro atoms. The van der Waals surface area contributed by atoms with Gasteiger partial charge < -0.3 is 16.8 Å². The molecule has 5 nitrogen and oxygen atoms in total. The number of nitrogens with two attached hydrogens (primary N) is 2. The number of amides is 1. The first-order valence-corrected chi connectivity index (χ1v) is 5.45. The fourth-order valence-corrected chi connectivity index (χ4v) is 1.46. The number of hydrogen-bond donors (Lipinski definition) is 3. The van der Waals surface area contributed by atoms with Crippen molar-refractivity contribution >= 4 is 17.3 Å². The summed E-state index contributed by atoms with van der Waals surface area (Å²) < 4.78 is 0. The van der Waals surface area contributed by atoms with Gasteiger partial charge in [-0.25, -0.2) is 0 Å². The third-order valence-corrected chi connectivity index (χ3v) is 2.33. The Kier molecular flexibility index (Phi) is 4.82. The Hall–Kier alpha value is -2.22. The van der Waals surface area contributed by atoms with Gasteiger partial charge in [0.2, 0.25) is 5.91 Å². The zero-order valence-corrected chi connectivity index (χ0v) is 9.57. The minimum absolute atomic E-state index is 0.282. The maximum absolute atomic E-state index is 10.5. The molecule has 5 heteroatoms. The smallest absolute Gasteiger partial charge is 0.217 e. The largest absolute Gasteiger partial charge is 0.399 e. The molecule has 0 bridgehead atoms. The molecule has 0 aliphatic heterocycles. The third-order valence-electron chi connectivity index (χ3n) is 2.33. The Bertz CT molecular complexity index is 437. The minimum Gasteiger partial charge on any atom is -0.399 e. The van der Waals surface area contributed by atoms with Gasteiger partial charge in [-0.15, -0.1) is 0 Å². The first-order valence-electron chi connectivity index (χ1n) is 5.45. The average Bonchev–Trinajstić information content (AvgIpc) is 2.29. The molecule has 0 radical (unpaired) electrons. The fraction of sp³-hybridized carbons (Fsp3) is 0.333. The van der Waals surface area contributed by atoms with E-state index in [9.17, 15) is 4.79 Å². The second-order valence-corrected chi connectivity index (χ2v) is 3.77. The summed E-state index contributed by atoms with van der Waals surface area (Å²) in [6.07, 6.45) is 1.98. The summed E-state index contributed by atoms with van der Waals surface area (Å²) >= 11 is 0. The molecule has 90 valence electrons. The average molecular weight is 232 g/mol. The molecule has 5 N–H and O–H groups in total. The first-order chi connectivity index (χ1) is 8.13. The van der Waals surface area contributed by atoms with Crippen LogP contribution in [0.4, 0.5) is 11.4 Å². The van der Waals surface area contributed by atoms with Gasteiger partial charge >= 0.3 is 0 Å². The van der Waals surface area contributed by atoms with Crippen molar-refractivity contribution in [1.29, 1.82) is 5.26 Å². The normalized spacial score (nSPS) is 9.59. The van der Waals surface area contributed by atoms with Crippen molar-refractivity contribution in [2.45, 2.75) is 19.3 Å². The monoisotopic (exact) mass is 232 g/mol. The molecule has 1 amide bonds. The molecule has 0 aliphatic rings. The van der Waals surface area contributed by atoms with E-state index >= 15 is 0 Å². The molecule has 0 unspecified atom stereocenters. The van der Waals surface area contributed by atoms with E-state index in [4.69, 9.17) is 16.7 Å². The summed E-state index contributed by atoms with van der Waals surface area (Å²) in [5.74, 6) is -0.282. The minimum atomic E-state index is -0.282. The van der Waals surface area contributed by atoms with Crippen LogP contribution in [-0.4, -0.2) is 12.5 Å². The topological polar surface area (TPSA) is 105 Å². The summed E-state index contributed by atoms with van der Waals surface area (Å²) in [7, 11) is 0. The lowest BCUT2D eigenvalue weighted by Crippen LogP contribution is -2.11.